The predicted molar refractivity (Wildman–Crippen MR) is 135 cm³/mol. The summed E-state index contributed by atoms with van der Waals surface area (Å²) in [4.78, 5) is 0. The van der Waals surface area contributed by atoms with Crippen molar-refractivity contribution >= 4 is 28.5 Å². The van der Waals surface area contributed by atoms with E-state index in [1.165, 1.54) is 6.07 Å². The van der Waals surface area contributed by atoms with E-state index in [0.717, 1.165) is 15.6 Å². The molecule has 8 heteroatoms. The van der Waals surface area contributed by atoms with Crippen LogP contribution in [-0.2, 0) is 0 Å². The molecule has 4 rings (SSSR count). The molecule has 0 bridgehead atoms. The van der Waals surface area contributed by atoms with Gasteiger partial charge in [0, 0.05) is 4.47 Å². The molecule has 0 fully saturated rings. The Morgan fingerprint density at radius 2 is 1.12 bits per heavy atom. The largest absolute Gasteiger partial charge is 0.507 e. The van der Waals surface area contributed by atoms with Gasteiger partial charge < -0.3 is 20.3 Å². The van der Waals surface area contributed by atoms with Crippen molar-refractivity contribution in [3.05, 3.63) is 113 Å². The van der Waals surface area contributed by atoms with Gasteiger partial charge in [0.1, 0.15) is 23.6 Å². The van der Waals surface area contributed by atoms with E-state index in [0.29, 0.717) is 11.0 Å². The summed E-state index contributed by atoms with van der Waals surface area (Å²) in [6, 6.07) is 32.0. The van der Waals surface area contributed by atoms with Gasteiger partial charge in [-0.15, -0.1) is 0 Å². The molecule has 0 aliphatic rings. The fraction of sp³-hybridized carbons (Fsp3) is 0. The van der Waals surface area contributed by atoms with Crippen LogP contribution in [0.25, 0.3) is 11.1 Å². The van der Waals surface area contributed by atoms with Crippen LogP contribution in [0.5, 0.6) is 11.5 Å². The molecule has 0 spiro atoms. The van der Waals surface area contributed by atoms with Crippen LogP contribution in [0.3, 0.4) is 0 Å². The molecule has 0 aromatic heterocycles. The first kappa shape index (κ1) is 26.2. The second-order valence-corrected chi connectivity index (χ2v) is 7.68. The van der Waals surface area contributed by atoms with Crippen molar-refractivity contribution in [1.82, 2.24) is 0 Å². The van der Waals surface area contributed by atoms with Gasteiger partial charge in [-0.3, -0.25) is 0 Å². The minimum Gasteiger partial charge on any atom is -0.507 e. The van der Waals surface area contributed by atoms with Gasteiger partial charge in [-0.05, 0) is 46.9 Å². The van der Waals surface area contributed by atoms with E-state index in [4.69, 9.17) is 25.7 Å². The Labute approximate surface area is 206 Å². The lowest BCUT2D eigenvalue weighted by atomic mass is 9.81. The van der Waals surface area contributed by atoms with Crippen molar-refractivity contribution in [3.63, 3.8) is 0 Å². The van der Waals surface area contributed by atoms with Crippen molar-refractivity contribution in [3.8, 4) is 34.8 Å². The Morgan fingerprint density at radius 1 is 0.618 bits per heavy atom. The number of hydrogen-bond donors (Lipinski definition) is 4. The van der Waals surface area contributed by atoms with Crippen LogP contribution in [0.2, 0.25) is 0 Å². The van der Waals surface area contributed by atoms with Crippen LogP contribution in [-0.4, -0.2) is 27.4 Å². The standard InChI is InChI=1S/C13H9NO.C7H4BrNO.C6H7BO2/c14-9-12-8-11(6-7-13(12)15)10-4-2-1-3-5-10;8-6-1-2-7(10)5(3-6)4-9;8-7(9)6-4-2-1-3-5-6/h1-8,15H;1-3,10H;1-5,8-9H. The number of benzene rings is 4. The maximum absolute atomic E-state index is 9.36. The van der Waals surface area contributed by atoms with Gasteiger partial charge in [-0.2, -0.15) is 10.5 Å². The molecule has 0 unspecified atom stereocenters. The molecule has 4 N–H and O–H groups in total. The lowest BCUT2D eigenvalue weighted by molar-refractivity contribution is 0.426. The number of phenols is 2. The van der Waals surface area contributed by atoms with E-state index >= 15 is 0 Å². The van der Waals surface area contributed by atoms with E-state index in [9.17, 15) is 5.11 Å². The summed E-state index contributed by atoms with van der Waals surface area (Å²) in [5.41, 5.74) is 3.09. The van der Waals surface area contributed by atoms with Crippen LogP contribution >= 0.6 is 15.9 Å². The van der Waals surface area contributed by atoms with E-state index in [2.05, 4.69) is 15.9 Å². The molecule has 0 aliphatic carbocycles. The maximum Gasteiger partial charge on any atom is 0.488 e. The zero-order valence-electron chi connectivity index (χ0n) is 17.9. The van der Waals surface area contributed by atoms with Crippen LogP contribution in [0.4, 0.5) is 0 Å². The molecule has 6 nitrogen and oxygen atoms in total. The molecule has 0 saturated carbocycles. The highest BCUT2D eigenvalue weighted by Crippen LogP contribution is 2.25. The van der Waals surface area contributed by atoms with Gasteiger partial charge in [0.15, 0.2) is 0 Å². The second kappa shape index (κ2) is 13.5. The van der Waals surface area contributed by atoms with Gasteiger partial charge in [-0.1, -0.05) is 82.7 Å². The molecule has 168 valence electrons. The summed E-state index contributed by atoms with van der Waals surface area (Å²) in [5, 5.41) is 52.7. The Bertz CT molecular complexity index is 1290. The molecule has 0 aliphatic heterocycles. The van der Waals surface area contributed by atoms with E-state index in [1.54, 1.807) is 54.6 Å². The summed E-state index contributed by atoms with van der Waals surface area (Å²) in [6.45, 7) is 0. The van der Waals surface area contributed by atoms with Gasteiger partial charge >= 0.3 is 7.12 Å². The first-order valence-electron chi connectivity index (χ1n) is 9.94. The minimum absolute atomic E-state index is 0.0192. The van der Waals surface area contributed by atoms with Crippen molar-refractivity contribution in [2.24, 2.45) is 0 Å². The third-order valence-corrected chi connectivity index (χ3v) is 4.89. The Hall–Kier alpha value is -4.08. The molecule has 0 saturated heterocycles. The van der Waals surface area contributed by atoms with Crippen molar-refractivity contribution in [2.75, 3.05) is 0 Å². The van der Waals surface area contributed by atoms with Gasteiger partial charge in [0.05, 0.1) is 11.1 Å². The number of aromatic hydroxyl groups is 2. The monoisotopic (exact) mass is 514 g/mol. The molecule has 34 heavy (non-hydrogen) atoms. The predicted octanol–water partition coefficient (Wildman–Crippen LogP) is 4.32. The number of nitrogens with zero attached hydrogens (tertiary/aromatic N) is 2. The fourth-order valence-electron chi connectivity index (χ4n) is 2.66. The van der Waals surface area contributed by atoms with Crippen LogP contribution < -0.4 is 5.46 Å². The minimum atomic E-state index is -1.34. The lowest BCUT2D eigenvalue weighted by Gasteiger charge is -2.02. The number of hydrogen-bond acceptors (Lipinski definition) is 6. The summed E-state index contributed by atoms with van der Waals surface area (Å²) >= 11 is 3.17. The summed E-state index contributed by atoms with van der Waals surface area (Å²) < 4.78 is 0.793. The Morgan fingerprint density at radius 3 is 1.59 bits per heavy atom. The van der Waals surface area contributed by atoms with Gasteiger partial charge in [-0.25, -0.2) is 0 Å². The van der Waals surface area contributed by atoms with Crippen molar-refractivity contribution < 1.29 is 20.3 Å². The second-order valence-electron chi connectivity index (χ2n) is 6.77. The van der Waals surface area contributed by atoms with E-state index in [-0.39, 0.29) is 17.1 Å². The third-order valence-electron chi connectivity index (χ3n) is 4.40. The normalized spacial score (nSPS) is 9.21. The Kier molecular flexibility index (Phi) is 10.4. The molecule has 4 aromatic carbocycles. The molecular formula is C26H20BBrN2O4. The average molecular weight is 515 g/mol. The SMILES string of the molecule is N#Cc1cc(-c2ccccc2)ccc1O.N#Cc1cc(Br)ccc1O.OB(O)c1ccccc1. The molecular weight excluding hydrogens is 495 g/mol. The van der Waals surface area contributed by atoms with Crippen molar-refractivity contribution in [1.29, 1.82) is 10.5 Å². The Balaban J connectivity index is 0.000000189. The first-order chi connectivity index (χ1) is 16.3. The van der Waals surface area contributed by atoms with E-state index in [1.807, 2.05) is 48.5 Å². The zero-order chi connectivity index (χ0) is 24.9. The topological polar surface area (TPSA) is 128 Å². The molecule has 0 amide bonds. The molecule has 0 atom stereocenters. The highest BCUT2D eigenvalue weighted by Gasteiger charge is 2.07. The van der Waals surface area contributed by atoms with Gasteiger partial charge in [0.2, 0.25) is 0 Å². The summed E-state index contributed by atoms with van der Waals surface area (Å²) in [6.07, 6.45) is 0. The maximum atomic E-state index is 9.36. The van der Waals surface area contributed by atoms with Crippen LogP contribution in [0.1, 0.15) is 11.1 Å². The zero-order valence-corrected chi connectivity index (χ0v) is 19.5. The number of nitriles is 2. The first-order valence-corrected chi connectivity index (χ1v) is 10.7. The van der Waals surface area contributed by atoms with Crippen LogP contribution in [0.15, 0.2) is 102 Å². The van der Waals surface area contributed by atoms with Crippen LogP contribution in [0, 0.1) is 22.7 Å². The quantitative estimate of drug-likeness (QED) is 0.295. The number of phenolic OH excluding ortho intramolecular Hbond substituents is 2. The smallest absolute Gasteiger partial charge is 0.488 e. The lowest BCUT2D eigenvalue weighted by Crippen LogP contribution is -2.29. The molecule has 4 aromatic rings. The van der Waals surface area contributed by atoms with E-state index < -0.39 is 7.12 Å². The third kappa shape index (κ3) is 8.12. The number of halogens is 1. The van der Waals surface area contributed by atoms with Crippen molar-refractivity contribution in [2.45, 2.75) is 0 Å². The highest BCUT2D eigenvalue weighted by molar-refractivity contribution is 9.10. The number of rotatable bonds is 2. The molecule has 0 radical (unpaired) electrons. The molecule has 0 heterocycles. The summed E-state index contributed by atoms with van der Waals surface area (Å²) in [7, 11) is -1.34. The average Bonchev–Trinajstić information content (AvgIpc) is 2.87. The highest BCUT2D eigenvalue weighted by atomic mass is 79.9. The summed E-state index contributed by atoms with van der Waals surface area (Å²) in [5.74, 6) is 0.0443. The van der Waals surface area contributed by atoms with Gasteiger partial charge in [0.25, 0.3) is 0 Å². The fourth-order valence-corrected chi connectivity index (χ4v) is 3.02.